The molecule has 2 heterocycles. The van der Waals surface area contributed by atoms with E-state index in [-0.39, 0.29) is 12.2 Å². The summed E-state index contributed by atoms with van der Waals surface area (Å²) in [5.74, 6) is -0.438. The standard InChI is InChI=1S/C11H19BrO3/c1-11(2)14-9-5-3-4-8(6-12)13-7-10(9)15-11/h8-10H,3-7H2,1-2H3/t8?,9-,10-/m1/s1. The van der Waals surface area contributed by atoms with Crippen LogP contribution in [0.25, 0.3) is 0 Å². The van der Waals surface area contributed by atoms with Crippen molar-refractivity contribution in [3.8, 4) is 0 Å². The molecular formula is C11H19BrO3. The first-order chi connectivity index (χ1) is 7.11. The van der Waals surface area contributed by atoms with Crippen molar-refractivity contribution in [3.05, 3.63) is 0 Å². The SMILES string of the molecule is CC1(C)O[C@@H]2CCCC(CBr)OC[C@H]2O1. The summed E-state index contributed by atoms with van der Waals surface area (Å²) in [5, 5.41) is 0.911. The van der Waals surface area contributed by atoms with Crippen molar-refractivity contribution in [1.82, 2.24) is 0 Å². The molecule has 0 N–H and O–H groups in total. The molecule has 2 aliphatic rings. The number of alkyl halides is 1. The number of fused-ring (bicyclic) bond motifs is 1. The number of hydrogen-bond donors (Lipinski definition) is 0. The van der Waals surface area contributed by atoms with Crippen LogP contribution in [0.3, 0.4) is 0 Å². The molecule has 4 heteroatoms. The third-order valence-electron chi connectivity index (χ3n) is 2.97. The van der Waals surface area contributed by atoms with Crippen molar-refractivity contribution < 1.29 is 14.2 Å². The van der Waals surface area contributed by atoms with Gasteiger partial charge in [0.05, 0.1) is 18.8 Å². The van der Waals surface area contributed by atoms with Crippen LogP contribution in [0.2, 0.25) is 0 Å². The van der Waals surface area contributed by atoms with Gasteiger partial charge in [-0.05, 0) is 33.1 Å². The lowest BCUT2D eigenvalue weighted by atomic mass is 10.0. The Labute approximate surface area is 99.6 Å². The van der Waals surface area contributed by atoms with Crippen molar-refractivity contribution in [3.63, 3.8) is 0 Å². The van der Waals surface area contributed by atoms with Gasteiger partial charge in [0.1, 0.15) is 6.10 Å². The molecule has 0 aromatic heterocycles. The predicted octanol–water partition coefficient (Wildman–Crippen LogP) is 2.47. The maximum atomic E-state index is 5.84. The molecule has 0 amide bonds. The van der Waals surface area contributed by atoms with Crippen LogP contribution in [-0.2, 0) is 14.2 Å². The minimum absolute atomic E-state index is 0.113. The number of halogens is 1. The van der Waals surface area contributed by atoms with Gasteiger partial charge in [0.2, 0.25) is 0 Å². The van der Waals surface area contributed by atoms with Crippen LogP contribution in [0.4, 0.5) is 0 Å². The molecule has 15 heavy (non-hydrogen) atoms. The van der Waals surface area contributed by atoms with E-state index in [1.54, 1.807) is 0 Å². The first-order valence-electron chi connectivity index (χ1n) is 5.64. The summed E-state index contributed by atoms with van der Waals surface area (Å²) >= 11 is 3.47. The Morgan fingerprint density at radius 2 is 1.93 bits per heavy atom. The van der Waals surface area contributed by atoms with E-state index < -0.39 is 5.79 Å². The molecule has 2 rings (SSSR count). The molecule has 1 unspecified atom stereocenters. The predicted molar refractivity (Wildman–Crippen MR) is 61.2 cm³/mol. The Bertz CT molecular complexity index is 220. The van der Waals surface area contributed by atoms with Gasteiger partial charge < -0.3 is 14.2 Å². The fourth-order valence-corrected chi connectivity index (χ4v) is 2.79. The van der Waals surface area contributed by atoms with Gasteiger partial charge in [-0.3, -0.25) is 0 Å². The number of rotatable bonds is 1. The van der Waals surface area contributed by atoms with E-state index in [0.717, 1.165) is 24.6 Å². The van der Waals surface area contributed by atoms with E-state index in [1.807, 2.05) is 13.8 Å². The van der Waals surface area contributed by atoms with Crippen LogP contribution in [0.5, 0.6) is 0 Å². The Morgan fingerprint density at radius 3 is 2.67 bits per heavy atom. The van der Waals surface area contributed by atoms with E-state index in [0.29, 0.717) is 12.7 Å². The Balaban J connectivity index is 1.95. The highest BCUT2D eigenvalue weighted by Gasteiger charge is 2.41. The summed E-state index contributed by atoms with van der Waals surface area (Å²) in [4.78, 5) is 0. The normalized spacial score (nSPS) is 40.6. The third-order valence-corrected chi connectivity index (χ3v) is 3.69. The molecule has 2 aliphatic heterocycles. The summed E-state index contributed by atoms with van der Waals surface area (Å²) in [7, 11) is 0. The third kappa shape index (κ3) is 2.93. The fraction of sp³-hybridized carbons (Fsp3) is 1.00. The molecule has 0 radical (unpaired) electrons. The number of ether oxygens (including phenoxy) is 3. The van der Waals surface area contributed by atoms with E-state index >= 15 is 0 Å². The Hall–Kier alpha value is 0.360. The van der Waals surface area contributed by atoms with Crippen LogP contribution in [-0.4, -0.2) is 36.0 Å². The highest BCUT2D eigenvalue weighted by atomic mass is 79.9. The quantitative estimate of drug-likeness (QED) is 0.690. The van der Waals surface area contributed by atoms with Gasteiger partial charge in [0, 0.05) is 5.33 Å². The van der Waals surface area contributed by atoms with Gasteiger partial charge in [0.25, 0.3) is 0 Å². The maximum Gasteiger partial charge on any atom is 0.163 e. The minimum Gasteiger partial charge on any atom is -0.375 e. The fourth-order valence-electron chi connectivity index (χ4n) is 2.28. The van der Waals surface area contributed by atoms with Gasteiger partial charge in [-0.1, -0.05) is 15.9 Å². The topological polar surface area (TPSA) is 27.7 Å². The van der Waals surface area contributed by atoms with Crippen molar-refractivity contribution >= 4 is 15.9 Å². The van der Waals surface area contributed by atoms with Crippen molar-refractivity contribution in [1.29, 1.82) is 0 Å². The molecule has 88 valence electrons. The van der Waals surface area contributed by atoms with Gasteiger partial charge in [-0.25, -0.2) is 0 Å². The highest BCUT2D eigenvalue weighted by Crippen LogP contribution is 2.32. The van der Waals surface area contributed by atoms with E-state index in [1.165, 1.54) is 0 Å². The second-order valence-corrected chi connectivity index (χ2v) is 5.40. The average molecular weight is 279 g/mol. The summed E-state index contributed by atoms with van der Waals surface area (Å²) in [6.07, 6.45) is 4.01. The maximum absolute atomic E-state index is 5.84. The molecule has 2 saturated heterocycles. The molecule has 0 aliphatic carbocycles. The lowest BCUT2D eigenvalue weighted by Gasteiger charge is -2.24. The van der Waals surface area contributed by atoms with Gasteiger partial charge in [0.15, 0.2) is 5.79 Å². The summed E-state index contributed by atoms with van der Waals surface area (Å²) in [6, 6.07) is 0. The second kappa shape index (κ2) is 4.70. The molecule has 0 aromatic rings. The molecule has 3 atom stereocenters. The van der Waals surface area contributed by atoms with E-state index in [2.05, 4.69) is 15.9 Å². The first-order valence-corrected chi connectivity index (χ1v) is 6.76. The second-order valence-electron chi connectivity index (χ2n) is 4.75. The Kier molecular flexibility index (Phi) is 3.71. The molecular weight excluding hydrogens is 260 g/mol. The summed E-state index contributed by atoms with van der Waals surface area (Å²) < 4.78 is 17.4. The van der Waals surface area contributed by atoms with Crippen LogP contribution in [0.15, 0.2) is 0 Å². The lowest BCUT2D eigenvalue weighted by molar-refractivity contribution is -0.151. The molecule has 3 nitrogen and oxygen atoms in total. The Morgan fingerprint density at radius 1 is 1.20 bits per heavy atom. The monoisotopic (exact) mass is 278 g/mol. The smallest absolute Gasteiger partial charge is 0.163 e. The van der Waals surface area contributed by atoms with E-state index in [9.17, 15) is 0 Å². The molecule has 2 fully saturated rings. The average Bonchev–Trinajstić information content (AvgIpc) is 2.42. The van der Waals surface area contributed by atoms with Crippen molar-refractivity contribution in [2.45, 2.75) is 57.2 Å². The summed E-state index contributed by atoms with van der Waals surface area (Å²) in [5.41, 5.74) is 0. The lowest BCUT2D eigenvalue weighted by Crippen LogP contribution is -2.33. The minimum atomic E-state index is -0.438. The zero-order valence-electron chi connectivity index (χ0n) is 9.37. The van der Waals surface area contributed by atoms with Gasteiger partial charge in [-0.2, -0.15) is 0 Å². The van der Waals surface area contributed by atoms with Crippen LogP contribution >= 0.6 is 15.9 Å². The van der Waals surface area contributed by atoms with Crippen LogP contribution in [0, 0.1) is 0 Å². The number of hydrogen-bond acceptors (Lipinski definition) is 3. The largest absolute Gasteiger partial charge is 0.375 e. The van der Waals surface area contributed by atoms with Crippen molar-refractivity contribution in [2.24, 2.45) is 0 Å². The molecule has 0 spiro atoms. The van der Waals surface area contributed by atoms with Crippen molar-refractivity contribution in [2.75, 3.05) is 11.9 Å². The van der Waals surface area contributed by atoms with Crippen LogP contribution in [0.1, 0.15) is 33.1 Å². The van der Waals surface area contributed by atoms with Crippen LogP contribution < -0.4 is 0 Å². The molecule has 0 saturated carbocycles. The first kappa shape index (κ1) is 11.8. The molecule has 0 aromatic carbocycles. The molecule has 0 bridgehead atoms. The van der Waals surface area contributed by atoms with E-state index in [4.69, 9.17) is 14.2 Å². The zero-order valence-corrected chi connectivity index (χ0v) is 11.0. The van der Waals surface area contributed by atoms with Gasteiger partial charge in [-0.15, -0.1) is 0 Å². The zero-order chi connectivity index (χ0) is 10.9. The van der Waals surface area contributed by atoms with Gasteiger partial charge >= 0.3 is 0 Å². The highest BCUT2D eigenvalue weighted by molar-refractivity contribution is 9.09. The summed E-state index contributed by atoms with van der Waals surface area (Å²) in [6.45, 7) is 4.60.